The summed E-state index contributed by atoms with van der Waals surface area (Å²) in [5.74, 6) is -1.19. The van der Waals surface area contributed by atoms with E-state index in [9.17, 15) is 13.6 Å². The van der Waals surface area contributed by atoms with Crippen LogP contribution in [-0.4, -0.2) is 19.1 Å². The van der Waals surface area contributed by atoms with E-state index in [0.29, 0.717) is 30.0 Å². The number of carbonyl (C=O) groups is 1. The Hall–Kier alpha value is -2.47. The standard InChI is InChI=1S/C17H18F2N2O2/c1-11(13-7-14(18)10-15(19)8-13)21-17(22)12-3-2-4-16(9-12)23-6-5-20/h2-4,7-11H,5-6,20H2,1H3,(H,21,22)/t11-/m0/s1. The number of hydrogen-bond acceptors (Lipinski definition) is 3. The summed E-state index contributed by atoms with van der Waals surface area (Å²) >= 11 is 0. The van der Waals surface area contributed by atoms with Gasteiger partial charge < -0.3 is 15.8 Å². The van der Waals surface area contributed by atoms with Gasteiger partial charge in [-0.25, -0.2) is 8.78 Å². The summed E-state index contributed by atoms with van der Waals surface area (Å²) in [6, 6.07) is 9.25. The number of amides is 1. The molecule has 0 aliphatic heterocycles. The maximum atomic E-state index is 13.2. The molecular formula is C17H18F2N2O2. The quantitative estimate of drug-likeness (QED) is 0.860. The largest absolute Gasteiger partial charge is 0.492 e. The average molecular weight is 320 g/mol. The van der Waals surface area contributed by atoms with Crippen molar-refractivity contribution in [1.82, 2.24) is 5.32 Å². The van der Waals surface area contributed by atoms with Gasteiger partial charge in [-0.05, 0) is 42.8 Å². The minimum absolute atomic E-state index is 0.351. The maximum absolute atomic E-state index is 13.2. The monoisotopic (exact) mass is 320 g/mol. The van der Waals surface area contributed by atoms with Gasteiger partial charge >= 0.3 is 0 Å². The van der Waals surface area contributed by atoms with Crippen molar-refractivity contribution in [2.45, 2.75) is 13.0 Å². The summed E-state index contributed by atoms with van der Waals surface area (Å²) < 4.78 is 31.8. The summed E-state index contributed by atoms with van der Waals surface area (Å²) in [4.78, 5) is 12.2. The van der Waals surface area contributed by atoms with Gasteiger partial charge in [0.15, 0.2) is 0 Å². The van der Waals surface area contributed by atoms with Gasteiger partial charge in [0.05, 0.1) is 6.04 Å². The van der Waals surface area contributed by atoms with Gasteiger partial charge in [0.25, 0.3) is 5.91 Å². The molecule has 0 heterocycles. The predicted octanol–water partition coefficient (Wildman–Crippen LogP) is 2.79. The van der Waals surface area contributed by atoms with Crippen LogP contribution in [0, 0.1) is 11.6 Å². The smallest absolute Gasteiger partial charge is 0.251 e. The summed E-state index contributed by atoms with van der Waals surface area (Å²) in [6.45, 7) is 2.38. The Bertz CT molecular complexity index is 672. The van der Waals surface area contributed by atoms with Crippen molar-refractivity contribution >= 4 is 5.91 Å². The van der Waals surface area contributed by atoms with E-state index in [1.807, 2.05) is 0 Å². The van der Waals surface area contributed by atoms with Crippen LogP contribution in [0.4, 0.5) is 8.78 Å². The van der Waals surface area contributed by atoms with Crippen molar-refractivity contribution in [3.8, 4) is 5.75 Å². The fourth-order valence-electron chi connectivity index (χ4n) is 2.09. The molecule has 0 spiro atoms. The predicted molar refractivity (Wildman–Crippen MR) is 83.2 cm³/mol. The third-order valence-corrected chi connectivity index (χ3v) is 3.22. The van der Waals surface area contributed by atoms with Gasteiger partial charge in [0, 0.05) is 18.2 Å². The van der Waals surface area contributed by atoms with E-state index in [4.69, 9.17) is 10.5 Å². The fourth-order valence-corrected chi connectivity index (χ4v) is 2.09. The minimum atomic E-state index is -0.682. The van der Waals surface area contributed by atoms with E-state index in [-0.39, 0.29) is 5.91 Å². The van der Waals surface area contributed by atoms with Crippen LogP contribution >= 0.6 is 0 Å². The van der Waals surface area contributed by atoms with E-state index in [2.05, 4.69) is 5.32 Å². The highest BCUT2D eigenvalue weighted by atomic mass is 19.1. The van der Waals surface area contributed by atoms with Crippen LogP contribution in [0.15, 0.2) is 42.5 Å². The lowest BCUT2D eigenvalue weighted by Gasteiger charge is -2.15. The zero-order valence-electron chi connectivity index (χ0n) is 12.7. The van der Waals surface area contributed by atoms with Crippen LogP contribution in [0.1, 0.15) is 28.9 Å². The molecule has 3 N–H and O–H groups in total. The third-order valence-electron chi connectivity index (χ3n) is 3.22. The molecular weight excluding hydrogens is 302 g/mol. The molecule has 2 aromatic rings. The number of ether oxygens (including phenoxy) is 1. The molecule has 0 bridgehead atoms. The topological polar surface area (TPSA) is 64.3 Å². The summed E-state index contributed by atoms with van der Waals surface area (Å²) in [5, 5.41) is 2.70. The number of rotatable bonds is 6. The van der Waals surface area contributed by atoms with Crippen LogP contribution in [0.5, 0.6) is 5.75 Å². The second-order valence-corrected chi connectivity index (χ2v) is 5.06. The molecule has 0 saturated heterocycles. The van der Waals surface area contributed by atoms with E-state index in [0.717, 1.165) is 6.07 Å². The Kier molecular flexibility index (Phi) is 5.65. The molecule has 0 aliphatic carbocycles. The molecule has 0 saturated carbocycles. The lowest BCUT2D eigenvalue weighted by molar-refractivity contribution is 0.0939. The van der Waals surface area contributed by atoms with Crippen molar-refractivity contribution in [2.75, 3.05) is 13.2 Å². The highest BCUT2D eigenvalue weighted by molar-refractivity contribution is 5.94. The van der Waals surface area contributed by atoms with Gasteiger partial charge in [-0.15, -0.1) is 0 Å². The lowest BCUT2D eigenvalue weighted by Crippen LogP contribution is -2.26. The summed E-state index contributed by atoms with van der Waals surface area (Å²) in [6.07, 6.45) is 0. The third kappa shape index (κ3) is 4.75. The minimum Gasteiger partial charge on any atom is -0.492 e. The molecule has 0 fully saturated rings. The van der Waals surface area contributed by atoms with E-state index < -0.39 is 17.7 Å². The highest BCUT2D eigenvalue weighted by Gasteiger charge is 2.13. The zero-order chi connectivity index (χ0) is 16.8. The van der Waals surface area contributed by atoms with Crippen molar-refractivity contribution < 1.29 is 18.3 Å². The van der Waals surface area contributed by atoms with Crippen LogP contribution in [0.25, 0.3) is 0 Å². The van der Waals surface area contributed by atoms with E-state index >= 15 is 0 Å². The molecule has 1 amide bonds. The summed E-state index contributed by atoms with van der Waals surface area (Å²) in [5.41, 5.74) is 6.11. The first-order chi connectivity index (χ1) is 11.0. The van der Waals surface area contributed by atoms with Crippen LogP contribution < -0.4 is 15.8 Å². The van der Waals surface area contributed by atoms with Crippen LogP contribution in [-0.2, 0) is 0 Å². The van der Waals surface area contributed by atoms with Crippen molar-refractivity contribution in [1.29, 1.82) is 0 Å². The molecule has 2 aromatic carbocycles. The molecule has 0 radical (unpaired) electrons. The molecule has 1 atom stereocenters. The Labute approximate surface area is 133 Å². The van der Waals surface area contributed by atoms with Gasteiger partial charge in [-0.2, -0.15) is 0 Å². The van der Waals surface area contributed by atoms with Gasteiger partial charge in [0.1, 0.15) is 24.0 Å². The van der Waals surface area contributed by atoms with Crippen LogP contribution in [0.2, 0.25) is 0 Å². The van der Waals surface area contributed by atoms with Gasteiger partial charge in [0.2, 0.25) is 0 Å². The number of carbonyl (C=O) groups excluding carboxylic acids is 1. The first kappa shape index (κ1) is 16.9. The van der Waals surface area contributed by atoms with Crippen molar-refractivity contribution in [2.24, 2.45) is 5.73 Å². The SMILES string of the molecule is C[C@H](NC(=O)c1cccc(OCCN)c1)c1cc(F)cc(F)c1. The molecule has 23 heavy (non-hydrogen) atoms. The number of benzene rings is 2. The molecule has 6 heteroatoms. The number of nitrogens with two attached hydrogens (primary N) is 1. The maximum Gasteiger partial charge on any atom is 0.251 e. The fraction of sp³-hybridized carbons (Fsp3) is 0.235. The second kappa shape index (κ2) is 7.69. The van der Waals surface area contributed by atoms with E-state index in [1.54, 1.807) is 31.2 Å². The molecule has 0 aromatic heterocycles. The number of hydrogen-bond donors (Lipinski definition) is 2. The number of nitrogens with one attached hydrogen (secondary N) is 1. The second-order valence-electron chi connectivity index (χ2n) is 5.06. The molecule has 2 rings (SSSR count). The first-order valence-electron chi connectivity index (χ1n) is 7.19. The molecule has 4 nitrogen and oxygen atoms in total. The average Bonchev–Trinajstić information content (AvgIpc) is 2.52. The van der Waals surface area contributed by atoms with Crippen molar-refractivity contribution in [3.63, 3.8) is 0 Å². The molecule has 0 unspecified atom stereocenters. The number of halogens is 2. The normalized spacial score (nSPS) is 11.8. The Morgan fingerprint density at radius 1 is 1.22 bits per heavy atom. The van der Waals surface area contributed by atoms with Crippen LogP contribution in [0.3, 0.4) is 0 Å². The van der Waals surface area contributed by atoms with Crippen molar-refractivity contribution in [3.05, 3.63) is 65.2 Å². The van der Waals surface area contributed by atoms with Gasteiger partial charge in [-0.1, -0.05) is 6.07 Å². The molecule has 0 aliphatic rings. The van der Waals surface area contributed by atoms with E-state index in [1.165, 1.54) is 12.1 Å². The highest BCUT2D eigenvalue weighted by Crippen LogP contribution is 2.18. The molecule has 122 valence electrons. The first-order valence-corrected chi connectivity index (χ1v) is 7.19. The summed E-state index contributed by atoms with van der Waals surface area (Å²) in [7, 11) is 0. The van der Waals surface area contributed by atoms with Gasteiger partial charge in [-0.3, -0.25) is 4.79 Å². The lowest BCUT2D eigenvalue weighted by atomic mass is 10.1. The Morgan fingerprint density at radius 3 is 2.57 bits per heavy atom. The Balaban J connectivity index is 2.08. The Morgan fingerprint density at radius 2 is 1.91 bits per heavy atom. The zero-order valence-corrected chi connectivity index (χ0v) is 12.7.